The minimum atomic E-state index is -0.221. The molecule has 0 saturated heterocycles. The first-order valence-electron chi connectivity index (χ1n) is 5.36. The molecule has 3 heteroatoms. The summed E-state index contributed by atoms with van der Waals surface area (Å²) in [5, 5.41) is 0. The largest absolute Gasteiger partial charge is 0.496 e. The van der Waals surface area contributed by atoms with Crippen LogP contribution in [-0.2, 0) is 4.79 Å². The van der Waals surface area contributed by atoms with E-state index in [-0.39, 0.29) is 11.8 Å². The molecule has 1 rings (SSSR count). The van der Waals surface area contributed by atoms with Crippen LogP contribution in [0.4, 0.5) is 0 Å². The third kappa shape index (κ3) is 2.83. The van der Waals surface area contributed by atoms with Crippen molar-refractivity contribution in [1.29, 1.82) is 0 Å². The van der Waals surface area contributed by atoms with Gasteiger partial charge in [-0.2, -0.15) is 0 Å². The molecule has 3 nitrogen and oxygen atoms in total. The Morgan fingerprint density at radius 3 is 2.25 bits per heavy atom. The Morgan fingerprint density at radius 1 is 1.38 bits per heavy atom. The molecule has 1 atom stereocenters. The summed E-state index contributed by atoms with van der Waals surface area (Å²) in [4.78, 5) is 11.0. The number of methoxy groups -OCH3 is 1. The van der Waals surface area contributed by atoms with Gasteiger partial charge in [0.25, 0.3) is 0 Å². The molecule has 0 heterocycles. The van der Waals surface area contributed by atoms with Crippen LogP contribution in [0.2, 0.25) is 0 Å². The molecule has 1 aromatic rings. The number of rotatable bonds is 4. The van der Waals surface area contributed by atoms with E-state index in [0.29, 0.717) is 6.42 Å². The first-order chi connectivity index (χ1) is 7.45. The highest BCUT2D eigenvalue weighted by Gasteiger charge is 2.12. The Labute approximate surface area is 96.6 Å². The Bertz CT molecular complexity index is 376. The smallest absolute Gasteiger partial charge is 0.131 e. The summed E-state index contributed by atoms with van der Waals surface area (Å²) >= 11 is 0. The number of hydrogen-bond donors (Lipinski definition) is 1. The number of carbonyl (C=O) groups is 1. The van der Waals surface area contributed by atoms with Gasteiger partial charge in [0.1, 0.15) is 11.5 Å². The van der Waals surface area contributed by atoms with Crippen LogP contribution in [0.15, 0.2) is 12.1 Å². The van der Waals surface area contributed by atoms with Gasteiger partial charge in [-0.15, -0.1) is 0 Å². The fourth-order valence-corrected chi connectivity index (χ4v) is 1.95. The summed E-state index contributed by atoms with van der Waals surface area (Å²) in [6.45, 7) is 5.52. The molecule has 0 aliphatic heterocycles. The third-order valence-corrected chi connectivity index (χ3v) is 2.62. The first kappa shape index (κ1) is 12.7. The number of aryl methyl sites for hydroxylation is 2. The third-order valence-electron chi connectivity index (χ3n) is 2.62. The van der Waals surface area contributed by atoms with Gasteiger partial charge in [0, 0.05) is 12.5 Å². The van der Waals surface area contributed by atoms with Gasteiger partial charge in [-0.05, 0) is 37.5 Å². The van der Waals surface area contributed by atoms with Crippen LogP contribution >= 0.6 is 0 Å². The van der Waals surface area contributed by atoms with Crippen LogP contribution < -0.4 is 10.5 Å². The molecule has 0 amide bonds. The highest BCUT2D eigenvalue weighted by molar-refractivity contribution is 5.76. The Morgan fingerprint density at radius 2 is 1.88 bits per heavy atom. The zero-order chi connectivity index (χ0) is 12.3. The predicted molar refractivity (Wildman–Crippen MR) is 64.7 cm³/mol. The standard InChI is InChI=1S/C13H19NO2/c1-8-5-11(12(14)7-10(3)15)6-9(2)13(8)16-4/h5-6,12H,7,14H2,1-4H3. The second-order valence-corrected chi connectivity index (χ2v) is 4.20. The number of ether oxygens (including phenoxy) is 1. The van der Waals surface area contributed by atoms with Crippen LogP contribution in [0.5, 0.6) is 5.75 Å². The van der Waals surface area contributed by atoms with Crippen LogP contribution in [0, 0.1) is 13.8 Å². The quantitative estimate of drug-likeness (QED) is 0.848. The minimum Gasteiger partial charge on any atom is -0.496 e. The lowest BCUT2D eigenvalue weighted by atomic mass is 9.98. The second kappa shape index (κ2) is 5.12. The normalized spacial score (nSPS) is 12.3. The summed E-state index contributed by atoms with van der Waals surface area (Å²) in [6.07, 6.45) is 0.380. The molecule has 0 aliphatic rings. The van der Waals surface area contributed by atoms with E-state index < -0.39 is 0 Å². The van der Waals surface area contributed by atoms with Crippen molar-refractivity contribution in [2.24, 2.45) is 5.73 Å². The molecule has 0 aliphatic carbocycles. The predicted octanol–water partition coefficient (Wildman–Crippen LogP) is 2.29. The maximum Gasteiger partial charge on any atom is 0.131 e. The van der Waals surface area contributed by atoms with Crippen molar-refractivity contribution in [2.45, 2.75) is 33.2 Å². The average Bonchev–Trinajstić information content (AvgIpc) is 2.16. The van der Waals surface area contributed by atoms with Crippen molar-refractivity contribution in [2.75, 3.05) is 7.11 Å². The summed E-state index contributed by atoms with van der Waals surface area (Å²) < 4.78 is 5.28. The molecule has 88 valence electrons. The number of carbonyl (C=O) groups excluding carboxylic acids is 1. The topological polar surface area (TPSA) is 52.3 Å². The zero-order valence-corrected chi connectivity index (χ0v) is 10.3. The van der Waals surface area contributed by atoms with E-state index in [0.717, 1.165) is 22.4 Å². The number of ketones is 1. The van der Waals surface area contributed by atoms with Crippen molar-refractivity contribution >= 4 is 5.78 Å². The Balaban J connectivity index is 3.03. The van der Waals surface area contributed by atoms with E-state index in [1.165, 1.54) is 0 Å². The lowest BCUT2D eigenvalue weighted by Gasteiger charge is -2.15. The van der Waals surface area contributed by atoms with E-state index >= 15 is 0 Å². The van der Waals surface area contributed by atoms with Gasteiger partial charge >= 0.3 is 0 Å². The molecule has 0 fully saturated rings. The molecule has 1 unspecified atom stereocenters. The molecule has 0 aromatic heterocycles. The number of nitrogens with two attached hydrogens (primary N) is 1. The Hall–Kier alpha value is -1.35. The monoisotopic (exact) mass is 221 g/mol. The van der Waals surface area contributed by atoms with Gasteiger partial charge in [-0.3, -0.25) is 4.79 Å². The molecule has 0 spiro atoms. The van der Waals surface area contributed by atoms with Crippen molar-refractivity contribution in [3.05, 3.63) is 28.8 Å². The molecule has 1 aromatic carbocycles. The van der Waals surface area contributed by atoms with Gasteiger partial charge in [-0.25, -0.2) is 0 Å². The van der Waals surface area contributed by atoms with Crippen molar-refractivity contribution in [3.8, 4) is 5.75 Å². The molecule has 16 heavy (non-hydrogen) atoms. The number of Topliss-reactive ketones (excluding diaryl/α,β-unsaturated/α-hetero) is 1. The van der Waals surface area contributed by atoms with Gasteiger partial charge < -0.3 is 10.5 Å². The zero-order valence-electron chi connectivity index (χ0n) is 10.3. The van der Waals surface area contributed by atoms with Crippen LogP contribution in [0.3, 0.4) is 0 Å². The minimum absolute atomic E-state index is 0.110. The Kier molecular flexibility index (Phi) is 4.07. The van der Waals surface area contributed by atoms with Gasteiger partial charge in [0.2, 0.25) is 0 Å². The van der Waals surface area contributed by atoms with Gasteiger partial charge in [0.05, 0.1) is 7.11 Å². The fraction of sp³-hybridized carbons (Fsp3) is 0.462. The van der Waals surface area contributed by atoms with Crippen molar-refractivity contribution in [1.82, 2.24) is 0 Å². The average molecular weight is 221 g/mol. The van der Waals surface area contributed by atoms with E-state index in [4.69, 9.17) is 10.5 Å². The second-order valence-electron chi connectivity index (χ2n) is 4.20. The lowest BCUT2D eigenvalue weighted by Crippen LogP contribution is -2.14. The molecule has 0 bridgehead atoms. The molecule has 2 N–H and O–H groups in total. The molecular formula is C13H19NO2. The highest BCUT2D eigenvalue weighted by atomic mass is 16.5. The SMILES string of the molecule is COc1c(C)cc(C(N)CC(C)=O)cc1C. The molecule has 0 radical (unpaired) electrons. The summed E-state index contributed by atoms with van der Waals surface area (Å²) in [5.74, 6) is 0.998. The van der Waals surface area contributed by atoms with E-state index in [2.05, 4.69) is 0 Å². The number of hydrogen-bond acceptors (Lipinski definition) is 3. The number of benzene rings is 1. The molecule has 0 saturated carbocycles. The lowest BCUT2D eigenvalue weighted by molar-refractivity contribution is -0.117. The van der Waals surface area contributed by atoms with Crippen LogP contribution in [-0.4, -0.2) is 12.9 Å². The van der Waals surface area contributed by atoms with Gasteiger partial charge in [-0.1, -0.05) is 12.1 Å². The van der Waals surface area contributed by atoms with E-state index in [1.54, 1.807) is 14.0 Å². The van der Waals surface area contributed by atoms with Crippen molar-refractivity contribution in [3.63, 3.8) is 0 Å². The van der Waals surface area contributed by atoms with Crippen molar-refractivity contribution < 1.29 is 9.53 Å². The van der Waals surface area contributed by atoms with Gasteiger partial charge in [0.15, 0.2) is 0 Å². The van der Waals surface area contributed by atoms with Crippen LogP contribution in [0.25, 0.3) is 0 Å². The first-order valence-corrected chi connectivity index (χ1v) is 5.36. The highest BCUT2D eigenvalue weighted by Crippen LogP contribution is 2.27. The van der Waals surface area contributed by atoms with Crippen LogP contribution in [0.1, 0.15) is 36.1 Å². The summed E-state index contributed by atoms with van der Waals surface area (Å²) in [5.41, 5.74) is 9.06. The summed E-state index contributed by atoms with van der Waals surface area (Å²) in [7, 11) is 1.66. The maximum absolute atomic E-state index is 11.0. The maximum atomic E-state index is 11.0. The fourth-order valence-electron chi connectivity index (χ4n) is 1.95. The molecular weight excluding hydrogens is 202 g/mol. The van der Waals surface area contributed by atoms with E-state index in [9.17, 15) is 4.79 Å². The summed E-state index contributed by atoms with van der Waals surface area (Å²) in [6, 6.07) is 3.75. The van der Waals surface area contributed by atoms with E-state index in [1.807, 2.05) is 26.0 Å².